The predicted molar refractivity (Wildman–Crippen MR) is 144 cm³/mol. The Labute approximate surface area is 214 Å². The van der Waals surface area contributed by atoms with Crippen molar-refractivity contribution in [3.63, 3.8) is 0 Å². The fourth-order valence-electron chi connectivity index (χ4n) is 5.11. The molecule has 6 rings (SSSR count). The third-order valence-corrected chi connectivity index (χ3v) is 7.16. The van der Waals surface area contributed by atoms with Crippen molar-refractivity contribution < 1.29 is 14.5 Å². The van der Waals surface area contributed by atoms with Gasteiger partial charge in [0.2, 0.25) is 0 Å². The number of nitrogens with zero attached hydrogens (tertiary/aromatic N) is 2. The van der Waals surface area contributed by atoms with E-state index >= 15 is 0 Å². The highest BCUT2D eigenvalue weighted by Crippen LogP contribution is 2.44. The van der Waals surface area contributed by atoms with Crippen LogP contribution in [0.15, 0.2) is 89.4 Å². The largest absolute Gasteiger partial charge is 0.278 e. The van der Waals surface area contributed by atoms with E-state index < -0.39 is 16.7 Å². The summed E-state index contributed by atoms with van der Waals surface area (Å²) in [7, 11) is 0. The van der Waals surface area contributed by atoms with E-state index in [0.29, 0.717) is 33.2 Å². The molecule has 0 saturated heterocycles. The van der Waals surface area contributed by atoms with Gasteiger partial charge >= 0.3 is 0 Å². The second kappa shape index (κ2) is 8.10. The molecule has 7 heteroatoms. The first-order chi connectivity index (χ1) is 17.4. The van der Waals surface area contributed by atoms with Crippen molar-refractivity contribution >= 4 is 60.7 Å². The molecule has 2 amide bonds. The second-order valence-corrected chi connectivity index (χ2v) is 9.62. The molecule has 0 radical (unpaired) electrons. The number of imide groups is 1. The summed E-state index contributed by atoms with van der Waals surface area (Å²) in [6.07, 6.45) is 0. The number of amides is 2. The highest BCUT2D eigenvalue weighted by molar-refractivity contribution is 9.10. The summed E-state index contributed by atoms with van der Waals surface area (Å²) in [4.78, 5) is 40.6. The van der Waals surface area contributed by atoms with E-state index in [4.69, 9.17) is 0 Å². The molecule has 5 aromatic carbocycles. The highest BCUT2D eigenvalue weighted by atomic mass is 79.9. The molecule has 0 atom stereocenters. The molecular weight excluding hydrogens is 520 g/mol. The number of benzene rings is 5. The first-order valence-electron chi connectivity index (χ1n) is 11.2. The third kappa shape index (κ3) is 3.17. The van der Waals surface area contributed by atoms with Gasteiger partial charge in [-0.15, -0.1) is 0 Å². The number of nitro benzene ring substituents is 1. The lowest BCUT2D eigenvalue weighted by Gasteiger charge is -2.28. The van der Waals surface area contributed by atoms with Crippen LogP contribution in [0.4, 0.5) is 11.4 Å². The number of aryl methyl sites for hydroxylation is 1. The van der Waals surface area contributed by atoms with Crippen LogP contribution in [-0.4, -0.2) is 16.7 Å². The molecule has 0 N–H and O–H groups in total. The average molecular weight is 537 g/mol. The van der Waals surface area contributed by atoms with Crippen LogP contribution in [0.2, 0.25) is 0 Å². The molecule has 0 bridgehead atoms. The summed E-state index contributed by atoms with van der Waals surface area (Å²) in [5.41, 5.74) is 2.63. The summed E-state index contributed by atoms with van der Waals surface area (Å²) in [6, 6.07) is 24.8. The molecule has 0 aliphatic carbocycles. The molecule has 1 aliphatic rings. The molecule has 5 aromatic rings. The number of halogens is 1. The molecule has 0 saturated carbocycles. The van der Waals surface area contributed by atoms with E-state index in [9.17, 15) is 19.7 Å². The van der Waals surface area contributed by atoms with Gasteiger partial charge < -0.3 is 0 Å². The van der Waals surface area contributed by atoms with Crippen molar-refractivity contribution in [2.24, 2.45) is 0 Å². The number of hydrogen-bond acceptors (Lipinski definition) is 4. The van der Waals surface area contributed by atoms with E-state index in [2.05, 4.69) is 15.9 Å². The van der Waals surface area contributed by atoms with Crippen molar-refractivity contribution in [2.75, 3.05) is 4.90 Å². The zero-order chi connectivity index (χ0) is 25.1. The molecule has 0 fully saturated rings. The van der Waals surface area contributed by atoms with E-state index in [1.54, 1.807) is 30.3 Å². The Kier molecular flexibility index (Phi) is 4.98. The Balaban J connectivity index is 1.67. The minimum atomic E-state index is -0.581. The van der Waals surface area contributed by atoms with Crippen molar-refractivity contribution in [1.82, 2.24) is 0 Å². The summed E-state index contributed by atoms with van der Waals surface area (Å²) in [5, 5.41) is 14.9. The van der Waals surface area contributed by atoms with Gasteiger partial charge in [0.05, 0.1) is 21.7 Å². The average Bonchev–Trinajstić information content (AvgIpc) is 2.87. The normalized spacial score (nSPS) is 13.0. The van der Waals surface area contributed by atoms with Gasteiger partial charge in [0, 0.05) is 26.9 Å². The van der Waals surface area contributed by atoms with Gasteiger partial charge in [-0.1, -0.05) is 70.5 Å². The van der Waals surface area contributed by atoms with Gasteiger partial charge in [0.1, 0.15) is 0 Å². The van der Waals surface area contributed by atoms with Crippen molar-refractivity contribution in [1.29, 1.82) is 0 Å². The van der Waals surface area contributed by atoms with Crippen LogP contribution in [-0.2, 0) is 0 Å². The highest BCUT2D eigenvalue weighted by Gasteiger charge is 2.37. The summed E-state index contributed by atoms with van der Waals surface area (Å²) < 4.78 is 0.852. The fraction of sp³-hybridized carbons (Fsp3) is 0.0345. The summed E-state index contributed by atoms with van der Waals surface area (Å²) in [5.74, 6) is -1.04. The van der Waals surface area contributed by atoms with E-state index in [-0.39, 0.29) is 11.3 Å². The predicted octanol–water partition coefficient (Wildman–Crippen LogP) is 7.44. The topological polar surface area (TPSA) is 80.5 Å². The van der Waals surface area contributed by atoms with Crippen molar-refractivity contribution in [3.8, 4) is 11.1 Å². The van der Waals surface area contributed by atoms with Crippen LogP contribution < -0.4 is 4.90 Å². The first-order valence-corrected chi connectivity index (χ1v) is 12.0. The SMILES string of the molecule is Cc1cc(Br)ccc1-c1c([N+](=O)[O-])cc2c3c(cccc13)C(=O)N(c1cccc3ccccc13)C2=O. The zero-order valence-electron chi connectivity index (χ0n) is 19.0. The van der Waals surface area contributed by atoms with Gasteiger partial charge in [-0.25, -0.2) is 4.90 Å². The van der Waals surface area contributed by atoms with Gasteiger partial charge in [-0.05, 0) is 53.1 Å². The minimum absolute atomic E-state index is 0.137. The Bertz CT molecular complexity index is 1790. The Morgan fingerprint density at radius 2 is 1.47 bits per heavy atom. The zero-order valence-corrected chi connectivity index (χ0v) is 20.6. The van der Waals surface area contributed by atoms with Crippen LogP contribution >= 0.6 is 15.9 Å². The summed E-state index contributed by atoms with van der Waals surface area (Å²) in [6.45, 7) is 1.87. The number of anilines is 1. The Morgan fingerprint density at radius 3 is 2.25 bits per heavy atom. The molecular formula is C29H17BrN2O4. The smallest absolute Gasteiger partial charge is 0.268 e. The number of carbonyl (C=O) groups excluding carboxylic acids is 2. The third-order valence-electron chi connectivity index (χ3n) is 6.67. The van der Waals surface area contributed by atoms with E-state index in [1.165, 1.54) is 6.07 Å². The molecule has 1 heterocycles. The summed E-state index contributed by atoms with van der Waals surface area (Å²) >= 11 is 3.44. The monoisotopic (exact) mass is 536 g/mol. The number of hydrogen-bond donors (Lipinski definition) is 0. The first kappa shape index (κ1) is 22.1. The lowest BCUT2D eigenvalue weighted by Crippen LogP contribution is -2.40. The lowest BCUT2D eigenvalue weighted by atomic mass is 9.86. The maximum Gasteiger partial charge on any atom is 0.278 e. The van der Waals surface area contributed by atoms with Crippen LogP contribution in [0.3, 0.4) is 0 Å². The molecule has 174 valence electrons. The Morgan fingerprint density at radius 1 is 0.778 bits per heavy atom. The molecule has 36 heavy (non-hydrogen) atoms. The van der Waals surface area contributed by atoms with Gasteiger partial charge in [0.15, 0.2) is 0 Å². The molecule has 1 aliphatic heterocycles. The second-order valence-electron chi connectivity index (χ2n) is 8.71. The van der Waals surface area contributed by atoms with Gasteiger partial charge in [-0.3, -0.25) is 19.7 Å². The lowest BCUT2D eigenvalue weighted by molar-refractivity contribution is -0.384. The number of nitro groups is 1. The van der Waals surface area contributed by atoms with E-state index in [0.717, 1.165) is 25.7 Å². The minimum Gasteiger partial charge on any atom is -0.268 e. The number of rotatable bonds is 3. The van der Waals surface area contributed by atoms with Crippen LogP contribution in [0.5, 0.6) is 0 Å². The van der Waals surface area contributed by atoms with Gasteiger partial charge in [0.25, 0.3) is 17.5 Å². The fourth-order valence-corrected chi connectivity index (χ4v) is 5.58. The maximum absolute atomic E-state index is 13.9. The van der Waals surface area contributed by atoms with Crippen molar-refractivity contribution in [3.05, 3.63) is 116 Å². The van der Waals surface area contributed by atoms with E-state index in [1.807, 2.05) is 55.5 Å². The van der Waals surface area contributed by atoms with Crippen LogP contribution in [0.1, 0.15) is 26.3 Å². The quantitative estimate of drug-likeness (QED) is 0.136. The van der Waals surface area contributed by atoms with Gasteiger partial charge in [-0.2, -0.15) is 0 Å². The molecule has 0 unspecified atom stereocenters. The number of carbonyl (C=O) groups is 2. The Hall–Kier alpha value is -4.36. The molecule has 0 aromatic heterocycles. The molecule has 0 spiro atoms. The maximum atomic E-state index is 13.9. The molecule has 6 nitrogen and oxygen atoms in total. The standard InChI is InChI=1S/C29H17BrN2O4/c1-16-14-18(30)12-13-19(16)27-21-9-5-10-22-26(21)23(15-25(27)32(35)36)29(34)31(28(22)33)24-11-4-7-17-6-2-3-8-20(17)24/h2-15H,1H3. The van der Waals surface area contributed by atoms with Crippen LogP contribution in [0, 0.1) is 17.0 Å². The van der Waals surface area contributed by atoms with Crippen molar-refractivity contribution in [2.45, 2.75) is 6.92 Å². The van der Waals surface area contributed by atoms with Crippen LogP contribution in [0.25, 0.3) is 32.7 Å². The number of fused-ring (bicyclic) bond motifs is 1.